The maximum atomic E-state index is 12.8. The molecule has 3 aliphatic heterocycles. The predicted molar refractivity (Wildman–Crippen MR) is 128 cm³/mol. The number of nitrogens with two attached hydrogens (primary N) is 1. The van der Waals surface area contributed by atoms with Crippen LogP contribution in [0.25, 0.3) is 0 Å². The molecule has 0 aromatic heterocycles. The lowest BCUT2D eigenvalue weighted by Gasteiger charge is -2.38. The Bertz CT molecular complexity index is 845. The molecule has 1 atom stereocenters. The topological polar surface area (TPSA) is 97.1 Å². The number of nitrogen functional groups attached to an aromatic ring is 1. The molecular formula is C24H35ClN4O4. The molecule has 182 valence electrons. The van der Waals surface area contributed by atoms with Crippen LogP contribution in [0.2, 0.25) is 5.02 Å². The van der Waals surface area contributed by atoms with Gasteiger partial charge in [-0.1, -0.05) is 11.6 Å². The summed E-state index contributed by atoms with van der Waals surface area (Å²) in [6.07, 6.45) is 4.81. The quantitative estimate of drug-likeness (QED) is 0.609. The van der Waals surface area contributed by atoms with Crippen molar-refractivity contribution in [1.82, 2.24) is 15.1 Å². The van der Waals surface area contributed by atoms with Crippen LogP contribution in [0.5, 0.6) is 5.75 Å². The number of hydrogen-bond acceptors (Lipinski definition) is 6. The summed E-state index contributed by atoms with van der Waals surface area (Å²) in [6.45, 7) is 6.01. The number of rotatable bonds is 6. The Morgan fingerprint density at radius 1 is 1.15 bits per heavy atom. The van der Waals surface area contributed by atoms with Crippen LogP contribution in [0.15, 0.2) is 12.1 Å². The zero-order valence-corrected chi connectivity index (χ0v) is 20.1. The zero-order chi connectivity index (χ0) is 23.4. The van der Waals surface area contributed by atoms with Gasteiger partial charge in [-0.15, -0.1) is 0 Å². The van der Waals surface area contributed by atoms with Gasteiger partial charge in [0.1, 0.15) is 5.75 Å². The van der Waals surface area contributed by atoms with E-state index in [0.29, 0.717) is 41.2 Å². The average molecular weight is 479 g/mol. The zero-order valence-electron chi connectivity index (χ0n) is 19.4. The van der Waals surface area contributed by atoms with Crippen molar-refractivity contribution in [2.24, 2.45) is 11.8 Å². The van der Waals surface area contributed by atoms with Crippen molar-refractivity contribution in [2.45, 2.75) is 38.1 Å². The molecule has 1 aromatic carbocycles. The van der Waals surface area contributed by atoms with E-state index >= 15 is 0 Å². The molecule has 1 unspecified atom stereocenters. The lowest BCUT2D eigenvalue weighted by Crippen LogP contribution is -2.48. The highest BCUT2D eigenvalue weighted by molar-refractivity contribution is 6.33. The average Bonchev–Trinajstić information content (AvgIpc) is 3.37. The Hall–Kier alpha value is -2.03. The predicted octanol–water partition coefficient (Wildman–Crippen LogP) is 2.40. The molecule has 0 spiro atoms. The molecule has 3 aliphatic rings. The third-order valence-electron chi connectivity index (χ3n) is 7.21. The maximum Gasteiger partial charge on any atom is 0.255 e. The normalized spacial score (nSPS) is 23.0. The van der Waals surface area contributed by atoms with Gasteiger partial charge in [-0.3, -0.25) is 9.59 Å². The largest absolute Gasteiger partial charge is 0.496 e. The van der Waals surface area contributed by atoms with E-state index in [1.807, 2.05) is 4.90 Å². The Labute approximate surface area is 200 Å². The van der Waals surface area contributed by atoms with E-state index in [2.05, 4.69) is 10.2 Å². The number of carbonyl (C=O) groups is 2. The summed E-state index contributed by atoms with van der Waals surface area (Å²) in [5.41, 5.74) is 6.62. The summed E-state index contributed by atoms with van der Waals surface area (Å²) in [5.74, 6) is 1.22. The summed E-state index contributed by atoms with van der Waals surface area (Å²) in [6, 6.07) is 3.28. The molecule has 0 radical (unpaired) electrons. The van der Waals surface area contributed by atoms with Crippen molar-refractivity contribution in [1.29, 1.82) is 0 Å². The highest BCUT2D eigenvalue weighted by Crippen LogP contribution is 2.29. The van der Waals surface area contributed by atoms with E-state index < -0.39 is 0 Å². The molecule has 0 saturated carbocycles. The van der Waals surface area contributed by atoms with E-state index in [9.17, 15) is 9.59 Å². The molecule has 3 saturated heterocycles. The summed E-state index contributed by atoms with van der Waals surface area (Å²) in [5, 5.41) is 3.47. The van der Waals surface area contributed by atoms with Gasteiger partial charge in [0.2, 0.25) is 5.91 Å². The van der Waals surface area contributed by atoms with Gasteiger partial charge in [0, 0.05) is 51.4 Å². The molecule has 1 aromatic rings. The number of benzene rings is 1. The number of halogens is 1. The molecular weight excluding hydrogens is 444 g/mol. The summed E-state index contributed by atoms with van der Waals surface area (Å²) in [7, 11) is 1.52. The number of likely N-dealkylation sites (tertiary alicyclic amines) is 2. The number of ether oxygens (including phenoxy) is 2. The van der Waals surface area contributed by atoms with Crippen molar-refractivity contribution in [3.8, 4) is 5.75 Å². The van der Waals surface area contributed by atoms with Crippen molar-refractivity contribution in [2.75, 3.05) is 58.8 Å². The fourth-order valence-corrected chi connectivity index (χ4v) is 5.29. The second kappa shape index (κ2) is 10.9. The van der Waals surface area contributed by atoms with Crippen LogP contribution in [0, 0.1) is 11.8 Å². The number of anilines is 1. The Morgan fingerprint density at radius 3 is 2.52 bits per heavy atom. The lowest BCUT2D eigenvalue weighted by atomic mass is 9.93. The number of nitrogens with one attached hydrogen (secondary N) is 1. The minimum absolute atomic E-state index is 0.0695. The Balaban J connectivity index is 1.19. The lowest BCUT2D eigenvalue weighted by molar-refractivity contribution is -0.137. The Morgan fingerprint density at radius 2 is 1.88 bits per heavy atom. The smallest absolute Gasteiger partial charge is 0.255 e. The second-order valence-electron chi connectivity index (χ2n) is 9.45. The van der Waals surface area contributed by atoms with Gasteiger partial charge in [0.05, 0.1) is 35.9 Å². The van der Waals surface area contributed by atoms with E-state index in [1.54, 1.807) is 12.1 Å². The monoisotopic (exact) mass is 478 g/mol. The number of methoxy groups -OCH3 is 1. The second-order valence-corrected chi connectivity index (χ2v) is 9.86. The minimum Gasteiger partial charge on any atom is -0.496 e. The molecule has 33 heavy (non-hydrogen) atoms. The van der Waals surface area contributed by atoms with Crippen LogP contribution in [-0.4, -0.2) is 80.7 Å². The molecule has 4 rings (SSSR count). The van der Waals surface area contributed by atoms with Crippen LogP contribution in [0.1, 0.15) is 42.5 Å². The van der Waals surface area contributed by atoms with Crippen molar-refractivity contribution >= 4 is 29.1 Å². The maximum absolute atomic E-state index is 12.8. The molecule has 2 amide bonds. The SMILES string of the molecule is COc1cc(N)c(Cl)cc1C(=O)NC1CCN(CC2CCN(C(=O)C3CCOC3)CC2)CC1. The number of hydrogen-bond donors (Lipinski definition) is 2. The van der Waals surface area contributed by atoms with Crippen LogP contribution in [-0.2, 0) is 9.53 Å². The fraction of sp³-hybridized carbons (Fsp3) is 0.667. The molecule has 0 aliphatic carbocycles. The van der Waals surface area contributed by atoms with Crippen molar-refractivity contribution in [3.05, 3.63) is 22.7 Å². The van der Waals surface area contributed by atoms with Crippen molar-refractivity contribution < 1.29 is 19.1 Å². The van der Waals surface area contributed by atoms with Gasteiger partial charge in [-0.25, -0.2) is 0 Å². The first kappa shape index (κ1) is 24.1. The Kier molecular flexibility index (Phi) is 7.98. The molecule has 0 bridgehead atoms. The van der Waals surface area contributed by atoms with Gasteiger partial charge in [0.25, 0.3) is 5.91 Å². The molecule has 3 fully saturated rings. The van der Waals surface area contributed by atoms with Crippen LogP contribution < -0.4 is 15.8 Å². The number of piperidine rings is 2. The number of carbonyl (C=O) groups excluding carboxylic acids is 2. The highest BCUT2D eigenvalue weighted by Gasteiger charge is 2.31. The van der Waals surface area contributed by atoms with Crippen LogP contribution in [0.3, 0.4) is 0 Å². The number of nitrogens with zero attached hydrogens (tertiary/aromatic N) is 2. The summed E-state index contributed by atoms with van der Waals surface area (Å²) >= 11 is 6.11. The first-order chi connectivity index (χ1) is 15.9. The van der Waals surface area contributed by atoms with Gasteiger partial charge < -0.3 is 30.3 Å². The molecule has 8 nitrogen and oxygen atoms in total. The number of amides is 2. The molecule has 3 N–H and O–H groups in total. The van der Waals surface area contributed by atoms with Crippen molar-refractivity contribution in [3.63, 3.8) is 0 Å². The molecule has 9 heteroatoms. The van der Waals surface area contributed by atoms with Gasteiger partial charge >= 0.3 is 0 Å². The van der Waals surface area contributed by atoms with Crippen LogP contribution >= 0.6 is 11.6 Å². The summed E-state index contributed by atoms with van der Waals surface area (Å²) < 4.78 is 10.7. The first-order valence-corrected chi connectivity index (χ1v) is 12.3. The van der Waals surface area contributed by atoms with Gasteiger partial charge in [0.15, 0.2) is 0 Å². The standard InChI is InChI=1S/C24H35ClN4O4/c1-32-22-13-21(26)20(25)12-19(22)23(30)27-18-4-7-28(8-5-18)14-16-2-9-29(10-3-16)24(31)17-6-11-33-15-17/h12-13,16-18H,2-11,14-15,26H2,1H3,(H,27,30). The first-order valence-electron chi connectivity index (χ1n) is 12.0. The highest BCUT2D eigenvalue weighted by atomic mass is 35.5. The van der Waals surface area contributed by atoms with Gasteiger partial charge in [-0.2, -0.15) is 0 Å². The van der Waals surface area contributed by atoms with E-state index in [0.717, 1.165) is 64.8 Å². The minimum atomic E-state index is -0.183. The van der Waals surface area contributed by atoms with Gasteiger partial charge in [-0.05, 0) is 44.1 Å². The van der Waals surface area contributed by atoms with E-state index in [4.69, 9.17) is 26.8 Å². The van der Waals surface area contributed by atoms with E-state index in [1.165, 1.54) is 7.11 Å². The van der Waals surface area contributed by atoms with E-state index in [-0.39, 0.29) is 23.8 Å². The fourth-order valence-electron chi connectivity index (χ4n) is 5.13. The summed E-state index contributed by atoms with van der Waals surface area (Å²) in [4.78, 5) is 29.9. The molecule has 3 heterocycles. The third-order valence-corrected chi connectivity index (χ3v) is 7.54. The third kappa shape index (κ3) is 5.91. The van der Waals surface area contributed by atoms with Crippen LogP contribution in [0.4, 0.5) is 5.69 Å².